The van der Waals surface area contributed by atoms with Gasteiger partial charge < -0.3 is 4.43 Å². The van der Waals surface area contributed by atoms with Crippen molar-refractivity contribution in [1.29, 1.82) is 0 Å². The number of benzene rings is 1. The van der Waals surface area contributed by atoms with Gasteiger partial charge in [-0.25, -0.2) is 0 Å². The van der Waals surface area contributed by atoms with Crippen LogP contribution in [0.4, 0.5) is 0 Å². The minimum atomic E-state index is -1.73. The first-order valence-corrected chi connectivity index (χ1v) is 11.7. The number of hydroxylamine groups is 2. The van der Waals surface area contributed by atoms with Crippen molar-refractivity contribution in [2.24, 2.45) is 0 Å². The fraction of sp³-hybridized carbons (Fsp3) is 0.684. The molecule has 0 heterocycles. The lowest BCUT2D eigenvalue weighted by Gasteiger charge is -2.39. The molecule has 23 heavy (non-hydrogen) atoms. The summed E-state index contributed by atoms with van der Waals surface area (Å²) in [5.41, 5.74) is 1.20. The first-order chi connectivity index (χ1) is 10.7. The Bertz CT molecular complexity index is 442. The van der Waals surface area contributed by atoms with Crippen LogP contribution >= 0.6 is 0 Å². The molecule has 4 heteroatoms. The molecule has 0 bridgehead atoms. The van der Waals surface area contributed by atoms with Gasteiger partial charge in [0.15, 0.2) is 8.32 Å². The molecule has 0 unspecified atom stereocenters. The van der Waals surface area contributed by atoms with Crippen molar-refractivity contribution in [2.45, 2.75) is 71.9 Å². The van der Waals surface area contributed by atoms with Gasteiger partial charge in [0.1, 0.15) is 0 Å². The Morgan fingerprint density at radius 1 is 1.13 bits per heavy atom. The summed E-state index contributed by atoms with van der Waals surface area (Å²) in [5.74, 6) is 0. The van der Waals surface area contributed by atoms with Gasteiger partial charge in [-0.05, 0) is 37.0 Å². The zero-order valence-electron chi connectivity index (χ0n) is 16.1. The monoisotopic (exact) mass is 337 g/mol. The Morgan fingerprint density at radius 3 is 2.26 bits per heavy atom. The predicted molar refractivity (Wildman–Crippen MR) is 101 cm³/mol. The van der Waals surface area contributed by atoms with Crippen LogP contribution in [0.1, 0.15) is 46.6 Å². The molecule has 1 atom stereocenters. The van der Waals surface area contributed by atoms with Gasteiger partial charge in [-0.3, -0.25) is 4.84 Å². The lowest BCUT2D eigenvalue weighted by molar-refractivity contribution is -0.180. The molecule has 0 saturated heterocycles. The molecule has 0 N–H and O–H groups in total. The summed E-state index contributed by atoms with van der Waals surface area (Å²) in [6.07, 6.45) is 1.25. The highest BCUT2D eigenvalue weighted by atomic mass is 28.4. The standard InChI is InChI=1S/C19H35NO2Si/c1-8-14-20(21-16-18-12-10-9-11-13-18)15-17(2)22-23(6,7)19(3,4)5/h9-13,17H,8,14-16H2,1-7H3/t17-/m1/s1. The highest BCUT2D eigenvalue weighted by Crippen LogP contribution is 2.37. The number of nitrogens with zero attached hydrogens (tertiary/aromatic N) is 1. The molecule has 0 radical (unpaired) electrons. The first-order valence-electron chi connectivity index (χ1n) is 8.75. The van der Waals surface area contributed by atoms with E-state index in [0.717, 1.165) is 19.5 Å². The molecule has 1 rings (SSSR count). The molecule has 0 spiro atoms. The average molecular weight is 338 g/mol. The van der Waals surface area contributed by atoms with Gasteiger partial charge in [-0.1, -0.05) is 58.0 Å². The first kappa shape index (κ1) is 20.4. The Morgan fingerprint density at radius 2 is 1.74 bits per heavy atom. The normalized spacial score (nSPS) is 14.3. The van der Waals surface area contributed by atoms with Crippen LogP contribution < -0.4 is 0 Å². The molecular formula is C19H35NO2Si. The van der Waals surface area contributed by atoms with Crippen molar-refractivity contribution < 1.29 is 9.26 Å². The Labute approximate surface area is 144 Å². The molecule has 0 saturated carbocycles. The average Bonchev–Trinajstić information content (AvgIpc) is 2.44. The lowest BCUT2D eigenvalue weighted by atomic mass is 10.2. The topological polar surface area (TPSA) is 21.7 Å². The smallest absolute Gasteiger partial charge is 0.192 e. The highest BCUT2D eigenvalue weighted by molar-refractivity contribution is 6.74. The summed E-state index contributed by atoms with van der Waals surface area (Å²) in [6.45, 7) is 18.1. The maximum atomic E-state index is 6.45. The van der Waals surface area contributed by atoms with Crippen molar-refractivity contribution in [3.05, 3.63) is 35.9 Å². The SMILES string of the molecule is CCCN(C[C@@H](C)O[Si](C)(C)C(C)(C)C)OCc1ccccc1. The second-order valence-electron chi connectivity index (χ2n) is 7.84. The van der Waals surface area contributed by atoms with Crippen molar-refractivity contribution in [3.8, 4) is 0 Å². The van der Waals surface area contributed by atoms with E-state index in [1.54, 1.807) is 0 Å². The second kappa shape index (κ2) is 8.97. The molecule has 1 aromatic rings. The van der Waals surface area contributed by atoms with E-state index in [0.29, 0.717) is 6.61 Å². The number of rotatable bonds is 9. The fourth-order valence-electron chi connectivity index (χ4n) is 2.20. The summed E-state index contributed by atoms with van der Waals surface area (Å²) in [7, 11) is -1.73. The summed E-state index contributed by atoms with van der Waals surface area (Å²) >= 11 is 0. The second-order valence-corrected chi connectivity index (χ2v) is 12.6. The maximum absolute atomic E-state index is 6.45. The van der Waals surface area contributed by atoms with Crippen LogP contribution in [0.2, 0.25) is 18.1 Å². The Hall–Kier alpha value is -0.683. The summed E-state index contributed by atoms with van der Waals surface area (Å²) in [4.78, 5) is 6.01. The van der Waals surface area contributed by atoms with Crippen molar-refractivity contribution in [1.82, 2.24) is 5.06 Å². The molecule has 0 aliphatic heterocycles. The Balaban J connectivity index is 2.54. The summed E-state index contributed by atoms with van der Waals surface area (Å²) < 4.78 is 6.45. The molecule has 0 aliphatic carbocycles. The third kappa shape index (κ3) is 7.17. The van der Waals surface area contributed by atoms with E-state index < -0.39 is 8.32 Å². The predicted octanol–water partition coefficient (Wildman–Crippen LogP) is 5.24. The van der Waals surface area contributed by atoms with E-state index in [-0.39, 0.29) is 11.1 Å². The molecule has 0 fully saturated rings. The molecule has 132 valence electrons. The Kier molecular flexibility index (Phi) is 7.94. The third-order valence-electron chi connectivity index (χ3n) is 4.49. The van der Waals surface area contributed by atoms with Crippen molar-refractivity contribution in [2.75, 3.05) is 13.1 Å². The van der Waals surface area contributed by atoms with Crippen LogP contribution in [-0.2, 0) is 15.9 Å². The van der Waals surface area contributed by atoms with Gasteiger partial charge in [0.05, 0.1) is 12.7 Å². The number of hydrogen-bond donors (Lipinski definition) is 0. The van der Waals surface area contributed by atoms with Crippen molar-refractivity contribution >= 4 is 8.32 Å². The van der Waals surface area contributed by atoms with Crippen LogP contribution in [-0.4, -0.2) is 32.6 Å². The molecule has 0 aromatic heterocycles. The molecule has 3 nitrogen and oxygen atoms in total. The maximum Gasteiger partial charge on any atom is 0.192 e. The summed E-state index contributed by atoms with van der Waals surface area (Å²) in [5, 5.41) is 2.30. The van der Waals surface area contributed by atoms with Crippen LogP contribution in [0.3, 0.4) is 0 Å². The van der Waals surface area contributed by atoms with E-state index in [4.69, 9.17) is 9.26 Å². The van der Waals surface area contributed by atoms with E-state index in [9.17, 15) is 0 Å². The quantitative estimate of drug-likeness (QED) is 0.454. The van der Waals surface area contributed by atoms with E-state index >= 15 is 0 Å². The minimum absolute atomic E-state index is 0.179. The van der Waals surface area contributed by atoms with Crippen LogP contribution in [0.25, 0.3) is 0 Å². The van der Waals surface area contributed by atoms with E-state index in [1.165, 1.54) is 5.56 Å². The molecule has 0 aliphatic rings. The van der Waals surface area contributed by atoms with Crippen LogP contribution in [0.15, 0.2) is 30.3 Å². The van der Waals surface area contributed by atoms with Gasteiger partial charge in [0.2, 0.25) is 0 Å². The van der Waals surface area contributed by atoms with Gasteiger partial charge >= 0.3 is 0 Å². The van der Waals surface area contributed by atoms with E-state index in [1.807, 2.05) is 18.2 Å². The van der Waals surface area contributed by atoms with Gasteiger partial charge in [0.25, 0.3) is 0 Å². The van der Waals surface area contributed by atoms with Crippen LogP contribution in [0.5, 0.6) is 0 Å². The molecular weight excluding hydrogens is 302 g/mol. The zero-order chi connectivity index (χ0) is 17.5. The van der Waals surface area contributed by atoms with Gasteiger partial charge in [-0.15, -0.1) is 0 Å². The highest BCUT2D eigenvalue weighted by Gasteiger charge is 2.38. The van der Waals surface area contributed by atoms with Gasteiger partial charge in [-0.2, -0.15) is 5.06 Å². The van der Waals surface area contributed by atoms with E-state index in [2.05, 4.69) is 64.9 Å². The third-order valence-corrected chi connectivity index (χ3v) is 9.10. The molecule has 0 amide bonds. The largest absolute Gasteiger partial charge is 0.413 e. The molecule has 1 aromatic carbocycles. The van der Waals surface area contributed by atoms with Crippen molar-refractivity contribution in [3.63, 3.8) is 0 Å². The van der Waals surface area contributed by atoms with Crippen LogP contribution in [0, 0.1) is 0 Å². The minimum Gasteiger partial charge on any atom is -0.413 e. The van der Waals surface area contributed by atoms with Gasteiger partial charge in [0, 0.05) is 13.1 Å². The fourth-order valence-corrected chi connectivity index (χ4v) is 3.64. The lowest BCUT2D eigenvalue weighted by Crippen LogP contribution is -2.46. The number of hydrogen-bond acceptors (Lipinski definition) is 3. The zero-order valence-corrected chi connectivity index (χ0v) is 17.1. The summed E-state index contributed by atoms with van der Waals surface area (Å²) in [6, 6.07) is 10.3.